The van der Waals surface area contributed by atoms with E-state index in [2.05, 4.69) is 5.32 Å². The number of rotatable bonds is 5. The highest BCUT2D eigenvalue weighted by Gasteiger charge is 2.18. The zero-order chi connectivity index (χ0) is 16.1. The van der Waals surface area contributed by atoms with Crippen LogP contribution in [-0.2, 0) is 4.74 Å². The zero-order valence-electron chi connectivity index (χ0n) is 12.6. The summed E-state index contributed by atoms with van der Waals surface area (Å²) in [6.07, 6.45) is 2.16. The number of carbonyl (C=O) groups excluding carboxylic acids is 1. The van der Waals surface area contributed by atoms with Crippen LogP contribution in [0.1, 0.15) is 23.2 Å². The molecule has 0 radical (unpaired) electrons. The molecule has 23 heavy (non-hydrogen) atoms. The van der Waals surface area contributed by atoms with Gasteiger partial charge in [0.1, 0.15) is 12.4 Å². The minimum absolute atomic E-state index is 0.106. The Morgan fingerprint density at radius 3 is 2.78 bits per heavy atom. The molecule has 0 bridgehead atoms. The van der Waals surface area contributed by atoms with Gasteiger partial charge in [0.2, 0.25) is 0 Å². The Labute approximate surface area is 140 Å². The number of benzene rings is 2. The predicted octanol–water partition coefficient (Wildman–Crippen LogP) is 4.15. The van der Waals surface area contributed by atoms with Crippen LogP contribution in [0.4, 0.5) is 5.69 Å². The summed E-state index contributed by atoms with van der Waals surface area (Å²) >= 11 is 6.08. The second kappa shape index (κ2) is 7.49. The summed E-state index contributed by atoms with van der Waals surface area (Å²) in [5.74, 6) is 0.300. The van der Waals surface area contributed by atoms with E-state index in [-0.39, 0.29) is 12.0 Å². The van der Waals surface area contributed by atoms with Gasteiger partial charge in [-0.05, 0) is 37.1 Å². The summed E-state index contributed by atoms with van der Waals surface area (Å²) < 4.78 is 11.3. The topological polar surface area (TPSA) is 47.6 Å². The smallest absolute Gasteiger partial charge is 0.259 e. The minimum Gasteiger partial charge on any atom is -0.490 e. The molecule has 4 nitrogen and oxygen atoms in total. The maximum atomic E-state index is 12.5. The molecular weight excluding hydrogens is 314 g/mol. The first kappa shape index (κ1) is 15.8. The molecule has 1 saturated heterocycles. The van der Waals surface area contributed by atoms with Crippen molar-refractivity contribution in [2.75, 3.05) is 18.5 Å². The van der Waals surface area contributed by atoms with E-state index in [9.17, 15) is 4.79 Å². The fraction of sp³-hybridized carbons (Fsp3) is 0.278. The summed E-state index contributed by atoms with van der Waals surface area (Å²) in [6.45, 7) is 1.24. The van der Waals surface area contributed by atoms with Crippen LogP contribution in [0, 0.1) is 0 Å². The summed E-state index contributed by atoms with van der Waals surface area (Å²) in [6, 6.07) is 14.3. The summed E-state index contributed by atoms with van der Waals surface area (Å²) in [5.41, 5.74) is 1.05. The normalized spacial score (nSPS) is 17.0. The fourth-order valence-electron chi connectivity index (χ4n) is 2.49. The maximum Gasteiger partial charge on any atom is 0.259 e. The van der Waals surface area contributed by atoms with Crippen LogP contribution in [-0.4, -0.2) is 25.2 Å². The van der Waals surface area contributed by atoms with Gasteiger partial charge >= 0.3 is 0 Å². The number of halogens is 1. The molecule has 1 aliphatic rings. The van der Waals surface area contributed by atoms with Gasteiger partial charge in [0.15, 0.2) is 0 Å². The lowest BCUT2D eigenvalue weighted by Gasteiger charge is -2.14. The highest BCUT2D eigenvalue weighted by atomic mass is 35.5. The number of anilines is 1. The lowest BCUT2D eigenvalue weighted by atomic mass is 10.1. The third kappa shape index (κ3) is 4.03. The van der Waals surface area contributed by atoms with Crippen molar-refractivity contribution in [3.05, 3.63) is 59.1 Å². The molecule has 1 unspecified atom stereocenters. The molecule has 1 aliphatic heterocycles. The number of amides is 1. The average molecular weight is 332 g/mol. The van der Waals surface area contributed by atoms with Gasteiger partial charge in [-0.1, -0.05) is 35.9 Å². The molecule has 120 valence electrons. The van der Waals surface area contributed by atoms with Crippen molar-refractivity contribution < 1.29 is 14.3 Å². The van der Waals surface area contributed by atoms with Gasteiger partial charge in [-0.3, -0.25) is 4.79 Å². The van der Waals surface area contributed by atoms with Gasteiger partial charge in [0.05, 0.1) is 22.4 Å². The van der Waals surface area contributed by atoms with Crippen molar-refractivity contribution in [1.29, 1.82) is 0 Å². The molecule has 2 aromatic rings. The van der Waals surface area contributed by atoms with E-state index in [1.54, 1.807) is 30.3 Å². The highest BCUT2D eigenvalue weighted by molar-refractivity contribution is 6.33. The molecular formula is C18H18ClNO3. The molecule has 2 aromatic carbocycles. The second-order valence-corrected chi connectivity index (χ2v) is 5.78. The van der Waals surface area contributed by atoms with E-state index in [0.29, 0.717) is 28.6 Å². The van der Waals surface area contributed by atoms with Gasteiger partial charge < -0.3 is 14.8 Å². The van der Waals surface area contributed by atoms with E-state index < -0.39 is 0 Å². The SMILES string of the molecule is O=C(Nc1ccccc1Cl)c1ccccc1OCC1CCCO1. The molecule has 1 N–H and O–H groups in total. The van der Waals surface area contributed by atoms with E-state index in [0.717, 1.165) is 19.4 Å². The minimum atomic E-state index is -0.249. The first-order chi connectivity index (χ1) is 11.2. The number of nitrogens with one attached hydrogen (secondary N) is 1. The average Bonchev–Trinajstić information content (AvgIpc) is 3.09. The molecule has 0 aliphatic carbocycles. The first-order valence-corrected chi connectivity index (χ1v) is 8.01. The van der Waals surface area contributed by atoms with Crippen molar-refractivity contribution >= 4 is 23.2 Å². The Kier molecular flexibility index (Phi) is 5.16. The van der Waals surface area contributed by atoms with Crippen molar-refractivity contribution in [3.8, 4) is 5.75 Å². The molecule has 1 atom stereocenters. The van der Waals surface area contributed by atoms with Gasteiger partial charge in [-0.15, -0.1) is 0 Å². The Hall–Kier alpha value is -2.04. The van der Waals surface area contributed by atoms with E-state index in [4.69, 9.17) is 21.1 Å². The van der Waals surface area contributed by atoms with Crippen LogP contribution in [0.3, 0.4) is 0 Å². The largest absolute Gasteiger partial charge is 0.490 e. The van der Waals surface area contributed by atoms with Crippen LogP contribution in [0.15, 0.2) is 48.5 Å². The Balaban J connectivity index is 1.71. The molecule has 1 fully saturated rings. The number of ether oxygens (including phenoxy) is 2. The number of carbonyl (C=O) groups is 1. The molecule has 1 amide bonds. The Bertz CT molecular complexity index is 683. The van der Waals surface area contributed by atoms with Crippen molar-refractivity contribution in [2.45, 2.75) is 18.9 Å². The molecule has 1 heterocycles. The highest BCUT2D eigenvalue weighted by Crippen LogP contribution is 2.24. The van der Waals surface area contributed by atoms with Gasteiger partial charge in [0, 0.05) is 6.61 Å². The molecule has 0 spiro atoms. The summed E-state index contributed by atoms with van der Waals surface area (Å²) in [7, 11) is 0. The predicted molar refractivity (Wildman–Crippen MR) is 90.3 cm³/mol. The van der Waals surface area contributed by atoms with Crippen molar-refractivity contribution in [1.82, 2.24) is 0 Å². The lowest BCUT2D eigenvalue weighted by Crippen LogP contribution is -2.19. The van der Waals surface area contributed by atoms with Crippen molar-refractivity contribution in [3.63, 3.8) is 0 Å². The van der Waals surface area contributed by atoms with Gasteiger partial charge in [-0.2, -0.15) is 0 Å². The lowest BCUT2D eigenvalue weighted by molar-refractivity contribution is 0.0673. The van der Waals surface area contributed by atoms with E-state index in [1.807, 2.05) is 18.2 Å². The van der Waals surface area contributed by atoms with Crippen LogP contribution in [0.2, 0.25) is 5.02 Å². The first-order valence-electron chi connectivity index (χ1n) is 7.63. The Morgan fingerprint density at radius 2 is 2.00 bits per heavy atom. The molecule has 5 heteroatoms. The molecule has 3 rings (SSSR count). The second-order valence-electron chi connectivity index (χ2n) is 5.38. The fourth-order valence-corrected chi connectivity index (χ4v) is 2.67. The van der Waals surface area contributed by atoms with Crippen LogP contribution in [0.25, 0.3) is 0 Å². The Morgan fingerprint density at radius 1 is 1.22 bits per heavy atom. The maximum absolute atomic E-state index is 12.5. The van der Waals surface area contributed by atoms with Gasteiger partial charge in [0.25, 0.3) is 5.91 Å². The third-order valence-electron chi connectivity index (χ3n) is 3.70. The summed E-state index contributed by atoms with van der Waals surface area (Å²) in [5, 5.41) is 3.31. The molecule has 0 saturated carbocycles. The van der Waals surface area contributed by atoms with Crippen molar-refractivity contribution in [2.24, 2.45) is 0 Å². The summed E-state index contributed by atoms with van der Waals surface area (Å²) in [4.78, 5) is 12.5. The number of hydrogen-bond acceptors (Lipinski definition) is 3. The number of para-hydroxylation sites is 2. The third-order valence-corrected chi connectivity index (χ3v) is 4.03. The monoisotopic (exact) mass is 331 g/mol. The molecule has 0 aromatic heterocycles. The van der Waals surface area contributed by atoms with Gasteiger partial charge in [-0.25, -0.2) is 0 Å². The van der Waals surface area contributed by atoms with Crippen LogP contribution < -0.4 is 10.1 Å². The van der Waals surface area contributed by atoms with E-state index in [1.165, 1.54) is 0 Å². The van der Waals surface area contributed by atoms with E-state index >= 15 is 0 Å². The quantitative estimate of drug-likeness (QED) is 0.895. The van der Waals surface area contributed by atoms with Crippen LogP contribution in [0.5, 0.6) is 5.75 Å². The zero-order valence-corrected chi connectivity index (χ0v) is 13.4. The number of hydrogen-bond donors (Lipinski definition) is 1. The standard InChI is InChI=1S/C18H18ClNO3/c19-15-8-2-3-9-16(15)20-18(21)14-7-1-4-10-17(14)23-12-13-6-5-11-22-13/h1-4,7-10,13H,5-6,11-12H2,(H,20,21). The van der Waals surface area contributed by atoms with Crippen LogP contribution >= 0.6 is 11.6 Å².